The molecule has 9 heteroatoms. The van der Waals surface area contributed by atoms with Crippen LogP contribution in [0.25, 0.3) is 10.2 Å². The Kier molecular flexibility index (Phi) is 5.30. The molecular weight excluding hydrogens is 419 g/mol. The SMILES string of the molecule is S=C1NP(=S)(S)Nc2c1sc1nc3c(cc21)CCCC3.c1ccncc1. The normalized spacial score (nSPS) is 20.9. The van der Waals surface area contributed by atoms with Gasteiger partial charge in [0, 0.05) is 23.5 Å². The highest BCUT2D eigenvalue weighted by atomic mass is 32.9. The lowest BCUT2D eigenvalue weighted by atomic mass is 9.95. The minimum Gasteiger partial charge on any atom is -0.333 e. The van der Waals surface area contributed by atoms with Crippen molar-refractivity contribution in [1.82, 2.24) is 15.1 Å². The molecule has 2 N–H and O–H groups in total. The Hall–Kier alpha value is -1.05. The van der Waals surface area contributed by atoms with Crippen molar-refractivity contribution in [3.05, 3.63) is 52.8 Å². The molecule has 0 saturated heterocycles. The van der Waals surface area contributed by atoms with E-state index in [2.05, 4.69) is 33.5 Å². The zero-order valence-corrected chi connectivity index (χ0v) is 18.0. The Balaban J connectivity index is 0.000000240. The molecule has 0 saturated carbocycles. The number of nitrogens with zero attached hydrogens (tertiary/aromatic N) is 2. The van der Waals surface area contributed by atoms with Crippen molar-refractivity contribution in [3.8, 4) is 0 Å². The Morgan fingerprint density at radius 3 is 2.58 bits per heavy atom. The molecule has 0 spiro atoms. The topological polar surface area (TPSA) is 49.8 Å². The van der Waals surface area contributed by atoms with Crippen LogP contribution in [0.4, 0.5) is 5.69 Å². The van der Waals surface area contributed by atoms with Crippen molar-refractivity contribution in [1.29, 1.82) is 0 Å². The average Bonchev–Trinajstić information content (AvgIpc) is 2.99. The smallest absolute Gasteiger partial charge is 0.172 e. The van der Waals surface area contributed by atoms with Crippen LogP contribution in [0.5, 0.6) is 0 Å². The second-order valence-electron chi connectivity index (χ2n) is 6.11. The molecule has 4 nitrogen and oxygen atoms in total. The molecular formula is C17H17N4PS4. The number of thiophene rings is 1. The van der Waals surface area contributed by atoms with E-state index in [0.29, 0.717) is 4.99 Å². The summed E-state index contributed by atoms with van der Waals surface area (Å²) in [6, 6.07) is 7.99. The minimum absolute atomic E-state index is 0.707. The Morgan fingerprint density at radius 1 is 1.12 bits per heavy atom. The highest BCUT2D eigenvalue weighted by Gasteiger charge is 2.28. The van der Waals surface area contributed by atoms with Gasteiger partial charge in [-0.15, -0.1) is 23.6 Å². The van der Waals surface area contributed by atoms with Gasteiger partial charge < -0.3 is 10.2 Å². The van der Waals surface area contributed by atoms with Gasteiger partial charge in [0.15, 0.2) is 5.54 Å². The quantitative estimate of drug-likeness (QED) is 0.259. The Bertz CT molecular complexity index is 992. The Morgan fingerprint density at radius 2 is 1.88 bits per heavy atom. The summed E-state index contributed by atoms with van der Waals surface area (Å²) in [6.45, 7) is 0. The van der Waals surface area contributed by atoms with Gasteiger partial charge in [0.25, 0.3) is 0 Å². The fraction of sp³-hybridized carbons (Fsp3) is 0.235. The van der Waals surface area contributed by atoms with Gasteiger partial charge in [-0.2, -0.15) is 0 Å². The second kappa shape index (κ2) is 7.52. The van der Waals surface area contributed by atoms with Crippen LogP contribution in [0.2, 0.25) is 0 Å². The molecule has 0 bridgehead atoms. The first kappa shape index (κ1) is 18.3. The molecule has 26 heavy (non-hydrogen) atoms. The highest BCUT2D eigenvalue weighted by Crippen LogP contribution is 2.54. The van der Waals surface area contributed by atoms with Crippen LogP contribution in [0, 0.1) is 0 Å². The molecule has 3 aromatic rings. The first-order chi connectivity index (χ1) is 12.5. The molecule has 0 fully saturated rings. The Labute approximate surface area is 172 Å². The summed E-state index contributed by atoms with van der Waals surface area (Å²) in [4.78, 5) is 11.4. The number of anilines is 1. The third-order valence-electron chi connectivity index (χ3n) is 4.25. The van der Waals surface area contributed by atoms with E-state index in [9.17, 15) is 0 Å². The van der Waals surface area contributed by atoms with Crippen molar-refractivity contribution in [2.24, 2.45) is 0 Å². The summed E-state index contributed by atoms with van der Waals surface area (Å²) in [7, 11) is 0. The molecule has 1 aliphatic carbocycles. The summed E-state index contributed by atoms with van der Waals surface area (Å²) < 4.78 is 0. The van der Waals surface area contributed by atoms with E-state index >= 15 is 0 Å². The molecule has 5 rings (SSSR count). The van der Waals surface area contributed by atoms with Crippen molar-refractivity contribution in [2.75, 3.05) is 5.09 Å². The minimum atomic E-state index is -2.11. The van der Waals surface area contributed by atoms with Crippen molar-refractivity contribution >= 4 is 74.0 Å². The van der Waals surface area contributed by atoms with Crippen LogP contribution in [-0.2, 0) is 24.6 Å². The maximum absolute atomic E-state index is 5.45. The number of thiol groups is 1. The predicted octanol–water partition coefficient (Wildman–Crippen LogP) is 5.10. The molecule has 2 aliphatic rings. The summed E-state index contributed by atoms with van der Waals surface area (Å²) in [5.41, 5.74) is 1.56. The van der Waals surface area contributed by atoms with Crippen molar-refractivity contribution in [3.63, 3.8) is 0 Å². The van der Waals surface area contributed by atoms with Crippen molar-refractivity contribution in [2.45, 2.75) is 25.7 Å². The number of nitrogens with one attached hydrogen (secondary N) is 2. The molecule has 4 heterocycles. The molecule has 1 atom stereocenters. The van der Waals surface area contributed by atoms with Gasteiger partial charge in [0.05, 0.1) is 10.6 Å². The standard InChI is InChI=1S/C12H12N3PS4.C5H5N/c17-11-10-9(14-16(18,19)15-11)7-5-6-3-1-2-4-8(6)13-12(7)20-10;1-2-4-6-5-3-1/h5H,1-4H2,(H3,14,15,17,18,19);1-5H. The summed E-state index contributed by atoms with van der Waals surface area (Å²) >= 11 is 17.0. The van der Waals surface area contributed by atoms with E-state index in [-0.39, 0.29) is 0 Å². The number of hydrogen-bond acceptors (Lipinski definition) is 5. The van der Waals surface area contributed by atoms with Crippen LogP contribution in [0.1, 0.15) is 29.0 Å². The number of thiocarbonyl (C=S) groups is 1. The van der Waals surface area contributed by atoms with Crippen LogP contribution in [0.15, 0.2) is 36.7 Å². The van der Waals surface area contributed by atoms with Gasteiger partial charge in [0.2, 0.25) is 0 Å². The zero-order chi connectivity index (χ0) is 18.1. The third-order valence-corrected chi connectivity index (χ3v) is 8.15. The van der Waals surface area contributed by atoms with Gasteiger partial charge in [-0.05, 0) is 61.3 Å². The fourth-order valence-electron chi connectivity index (χ4n) is 3.09. The fourth-order valence-corrected chi connectivity index (χ4v) is 7.41. The van der Waals surface area contributed by atoms with Gasteiger partial charge >= 0.3 is 0 Å². The van der Waals surface area contributed by atoms with Gasteiger partial charge in [0.1, 0.15) is 9.82 Å². The third kappa shape index (κ3) is 3.80. The van der Waals surface area contributed by atoms with Crippen LogP contribution < -0.4 is 10.2 Å². The van der Waals surface area contributed by atoms with Crippen LogP contribution in [-0.4, -0.2) is 15.0 Å². The number of rotatable bonds is 0. The van der Waals surface area contributed by atoms with E-state index in [0.717, 1.165) is 33.6 Å². The summed E-state index contributed by atoms with van der Waals surface area (Å²) in [5, 5.41) is 7.64. The first-order valence-electron chi connectivity index (χ1n) is 8.27. The first-order valence-corrected chi connectivity index (χ1v) is 13.5. The lowest BCUT2D eigenvalue weighted by molar-refractivity contribution is 0.672. The molecule has 1 unspecified atom stereocenters. The molecule has 0 radical (unpaired) electrons. The van der Waals surface area contributed by atoms with Gasteiger partial charge in [-0.25, -0.2) is 4.98 Å². The maximum atomic E-state index is 5.45. The number of pyridine rings is 2. The average molecular weight is 437 g/mol. The monoisotopic (exact) mass is 436 g/mol. The van der Waals surface area contributed by atoms with E-state index in [1.807, 2.05) is 18.2 Å². The number of aromatic nitrogens is 2. The van der Waals surface area contributed by atoms with E-state index in [1.165, 1.54) is 24.1 Å². The summed E-state index contributed by atoms with van der Waals surface area (Å²) in [5.74, 6) is 0. The molecule has 0 amide bonds. The molecule has 1 aliphatic heterocycles. The van der Waals surface area contributed by atoms with Crippen LogP contribution in [0.3, 0.4) is 0 Å². The van der Waals surface area contributed by atoms with E-state index in [4.69, 9.17) is 29.0 Å². The van der Waals surface area contributed by atoms with Gasteiger partial charge in [-0.1, -0.05) is 18.3 Å². The van der Waals surface area contributed by atoms with E-state index in [1.54, 1.807) is 23.7 Å². The lowest BCUT2D eigenvalue weighted by Gasteiger charge is -2.26. The zero-order valence-electron chi connectivity index (χ0n) is 13.8. The largest absolute Gasteiger partial charge is 0.333 e. The molecule has 134 valence electrons. The predicted molar refractivity (Wildman–Crippen MR) is 122 cm³/mol. The number of aryl methyl sites for hydroxylation is 2. The van der Waals surface area contributed by atoms with Crippen molar-refractivity contribution < 1.29 is 0 Å². The second-order valence-corrected chi connectivity index (χ2v) is 13.4. The molecule has 3 aromatic heterocycles. The maximum Gasteiger partial charge on any atom is 0.172 e. The van der Waals surface area contributed by atoms with E-state index < -0.39 is 5.54 Å². The summed E-state index contributed by atoms with van der Waals surface area (Å²) in [6.07, 6.45) is 8.21. The molecule has 0 aromatic carbocycles. The lowest BCUT2D eigenvalue weighted by Crippen LogP contribution is -2.24. The van der Waals surface area contributed by atoms with Crippen LogP contribution >= 0.6 is 41.3 Å². The number of fused-ring (bicyclic) bond motifs is 4. The number of hydrogen-bond donors (Lipinski definition) is 3. The highest BCUT2D eigenvalue weighted by molar-refractivity contribution is 8.63. The van der Waals surface area contributed by atoms with Gasteiger partial charge in [-0.3, -0.25) is 4.98 Å².